The van der Waals surface area contributed by atoms with Gasteiger partial charge in [-0.2, -0.15) is 0 Å². The highest BCUT2D eigenvalue weighted by Gasteiger charge is 2.20. The first kappa shape index (κ1) is 29.9. The number of aromatic nitrogens is 1. The minimum absolute atomic E-state index is 0.785. The second-order valence-corrected chi connectivity index (χ2v) is 13.2. The van der Waals surface area contributed by atoms with Gasteiger partial charge in [0.25, 0.3) is 0 Å². The van der Waals surface area contributed by atoms with Crippen LogP contribution >= 0.6 is 0 Å². The number of benzene rings is 8. The molecule has 0 unspecified atom stereocenters. The Morgan fingerprint density at radius 1 is 0.423 bits per heavy atom. The third-order valence-electron chi connectivity index (χ3n) is 10.1. The molecule has 0 aliphatic carbocycles. The zero-order chi connectivity index (χ0) is 34.4. The Balaban J connectivity index is 1.13. The van der Waals surface area contributed by atoms with Gasteiger partial charge in [0, 0.05) is 28.3 Å². The highest BCUT2D eigenvalue weighted by molar-refractivity contribution is 6.18. The van der Waals surface area contributed by atoms with Crippen LogP contribution in [0.3, 0.4) is 0 Å². The number of rotatable bonds is 6. The molecule has 0 aliphatic heterocycles. The minimum Gasteiger partial charge on any atom is -0.454 e. The number of anilines is 3. The maximum Gasteiger partial charge on any atom is 0.153 e. The normalized spacial score (nSPS) is 11.5. The standard InChI is InChI=1S/C49H32N2O/c1-2-10-33(11-3-1)38-15-6-16-39(32-38)34-21-26-40(27-22-34)51(41-28-23-36(24-29-41)43-18-7-13-35-12-4-5-17-42(35)43)45-19-8-14-37-25-30-44-48-46(20-9-31-50-48)52-49(44)47(37)45/h1-32H. The van der Waals surface area contributed by atoms with Gasteiger partial charge in [-0.25, -0.2) is 0 Å². The highest BCUT2D eigenvalue weighted by Crippen LogP contribution is 2.44. The molecule has 244 valence electrons. The van der Waals surface area contributed by atoms with E-state index >= 15 is 0 Å². The number of nitrogens with zero attached hydrogens (tertiary/aromatic N) is 2. The van der Waals surface area contributed by atoms with Crippen LogP contribution in [-0.4, -0.2) is 4.98 Å². The van der Waals surface area contributed by atoms with Crippen LogP contribution in [0, 0.1) is 0 Å². The zero-order valence-electron chi connectivity index (χ0n) is 28.3. The average molecular weight is 665 g/mol. The Morgan fingerprint density at radius 3 is 1.87 bits per heavy atom. The number of hydrogen-bond donors (Lipinski definition) is 0. The fourth-order valence-electron chi connectivity index (χ4n) is 7.60. The van der Waals surface area contributed by atoms with E-state index in [1.807, 2.05) is 18.3 Å². The van der Waals surface area contributed by atoms with Crippen molar-refractivity contribution in [1.82, 2.24) is 4.98 Å². The van der Waals surface area contributed by atoms with Crippen LogP contribution in [0.1, 0.15) is 0 Å². The molecule has 10 aromatic rings. The van der Waals surface area contributed by atoms with E-state index in [-0.39, 0.29) is 0 Å². The lowest BCUT2D eigenvalue weighted by atomic mass is 9.97. The fourth-order valence-corrected chi connectivity index (χ4v) is 7.60. The van der Waals surface area contributed by atoms with Gasteiger partial charge in [0.1, 0.15) is 11.1 Å². The first-order valence-electron chi connectivity index (χ1n) is 17.6. The Hall–Kier alpha value is -6.97. The molecule has 0 aliphatic rings. The maximum atomic E-state index is 6.58. The maximum absolute atomic E-state index is 6.58. The van der Waals surface area contributed by atoms with Gasteiger partial charge in [-0.05, 0) is 104 Å². The molecule has 0 fully saturated rings. The van der Waals surface area contributed by atoms with Crippen LogP contribution in [0.5, 0.6) is 0 Å². The summed E-state index contributed by atoms with van der Waals surface area (Å²) in [6, 6.07) is 66.9. The highest BCUT2D eigenvalue weighted by atomic mass is 16.3. The average Bonchev–Trinajstić information content (AvgIpc) is 3.61. The quantitative estimate of drug-likeness (QED) is 0.177. The van der Waals surface area contributed by atoms with E-state index in [0.29, 0.717) is 0 Å². The van der Waals surface area contributed by atoms with Gasteiger partial charge in [0.15, 0.2) is 5.58 Å². The summed E-state index contributed by atoms with van der Waals surface area (Å²) in [5, 5.41) is 5.65. The van der Waals surface area contributed by atoms with Gasteiger partial charge in [-0.15, -0.1) is 0 Å². The minimum atomic E-state index is 0.785. The monoisotopic (exact) mass is 664 g/mol. The Morgan fingerprint density at radius 2 is 1.06 bits per heavy atom. The zero-order valence-corrected chi connectivity index (χ0v) is 28.3. The molecule has 0 N–H and O–H groups in total. The van der Waals surface area contributed by atoms with Gasteiger partial charge in [-0.3, -0.25) is 4.98 Å². The third-order valence-corrected chi connectivity index (χ3v) is 10.1. The molecule has 8 aromatic carbocycles. The van der Waals surface area contributed by atoms with Gasteiger partial charge < -0.3 is 9.32 Å². The van der Waals surface area contributed by atoms with E-state index in [2.05, 4.69) is 186 Å². The second kappa shape index (κ2) is 12.4. The molecule has 3 nitrogen and oxygen atoms in total. The van der Waals surface area contributed by atoms with Gasteiger partial charge in [-0.1, -0.05) is 133 Å². The summed E-state index contributed by atoms with van der Waals surface area (Å²) in [6.07, 6.45) is 1.83. The topological polar surface area (TPSA) is 29.3 Å². The third kappa shape index (κ3) is 5.10. The van der Waals surface area contributed by atoms with Crippen molar-refractivity contribution >= 4 is 60.7 Å². The lowest BCUT2D eigenvalue weighted by Gasteiger charge is -2.27. The Kier molecular flexibility index (Phi) is 7.14. The predicted molar refractivity (Wildman–Crippen MR) is 218 cm³/mol. The molecule has 3 heteroatoms. The van der Waals surface area contributed by atoms with E-state index in [1.165, 1.54) is 38.6 Å². The summed E-state index contributed by atoms with van der Waals surface area (Å²) in [5.74, 6) is 0. The first-order valence-corrected chi connectivity index (χ1v) is 17.6. The summed E-state index contributed by atoms with van der Waals surface area (Å²) >= 11 is 0. The lowest BCUT2D eigenvalue weighted by Crippen LogP contribution is -2.10. The van der Waals surface area contributed by atoms with E-state index in [0.717, 1.165) is 55.5 Å². The van der Waals surface area contributed by atoms with Crippen LogP contribution in [0.15, 0.2) is 199 Å². The fraction of sp³-hybridized carbons (Fsp3) is 0. The van der Waals surface area contributed by atoms with Crippen LogP contribution in [-0.2, 0) is 0 Å². The van der Waals surface area contributed by atoms with Crippen molar-refractivity contribution in [2.75, 3.05) is 4.90 Å². The summed E-state index contributed by atoms with van der Waals surface area (Å²) < 4.78 is 6.58. The summed E-state index contributed by atoms with van der Waals surface area (Å²) in [5.41, 5.74) is 12.8. The van der Waals surface area contributed by atoms with Crippen molar-refractivity contribution in [3.05, 3.63) is 194 Å². The molecule has 0 spiro atoms. The Labute approximate surface area is 301 Å². The van der Waals surface area contributed by atoms with Crippen molar-refractivity contribution in [3.63, 3.8) is 0 Å². The van der Waals surface area contributed by atoms with Crippen LogP contribution in [0.2, 0.25) is 0 Å². The smallest absolute Gasteiger partial charge is 0.153 e. The molecule has 0 atom stereocenters. The van der Waals surface area contributed by atoms with Crippen molar-refractivity contribution in [1.29, 1.82) is 0 Å². The molecule has 10 rings (SSSR count). The SMILES string of the molecule is c1ccc(-c2cccc(-c3ccc(N(c4ccc(-c5cccc6ccccc56)cc4)c4cccc5ccc6c7ncccc7oc6c45)cc3)c2)cc1. The lowest BCUT2D eigenvalue weighted by molar-refractivity contribution is 0.672. The van der Waals surface area contributed by atoms with Crippen molar-refractivity contribution in [2.24, 2.45) is 0 Å². The van der Waals surface area contributed by atoms with Gasteiger partial charge in [0.05, 0.1) is 5.69 Å². The molecule has 0 radical (unpaired) electrons. The van der Waals surface area contributed by atoms with Crippen molar-refractivity contribution < 1.29 is 4.42 Å². The summed E-state index contributed by atoms with van der Waals surface area (Å²) in [6.45, 7) is 0. The molecular weight excluding hydrogens is 633 g/mol. The van der Waals surface area contributed by atoms with E-state index < -0.39 is 0 Å². The largest absolute Gasteiger partial charge is 0.454 e. The molecule has 0 bridgehead atoms. The van der Waals surface area contributed by atoms with Crippen LogP contribution < -0.4 is 4.90 Å². The Bertz CT molecular complexity index is 2880. The van der Waals surface area contributed by atoms with E-state index in [4.69, 9.17) is 4.42 Å². The summed E-state index contributed by atoms with van der Waals surface area (Å²) in [7, 11) is 0. The van der Waals surface area contributed by atoms with Crippen molar-refractivity contribution in [2.45, 2.75) is 0 Å². The molecular formula is C49H32N2O. The first-order chi connectivity index (χ1) is 25.8. The second-order valence-electron chi connectivity index (χ2n) is 13.2. The number of fused-ring (bicyclic) bond motifs is 6. The number of hydrogen-bond acceptors (Lipinski definition) is 3. The molecule has 52 heavy (non-hydrogen) atoms. The van der Waals surface area contributed by atoms with E-state index in [9.17, 15) is 0 Å². The van der Waals surface area contributed by atoms with E-state index in [1.54, 1.807) is 0 Å². The molecule has 0 amide bonds. The van der Waals surface area contributed by atoms with Crippen LogP contribution in [0.25, 0.3) is 77.0 Å². The summed E-state index contributed by atoms with van der Waals surface area (Å²) in [4.78, 5) is 7.03. The van der Waals surface area contributed by atoms with Gasteiger partial charge >= 0.3 is 0 Å². The number of pyridine rings is 1. The predicted octanol–water partition coefficient (Wildman–Crippen LogP) is 13.8. The van der Waals surface area contributed by atoms with Crippen LogP contribution in [0.4, 0.5) is 17.1 Å². The van der Waals surface area contributed by atoms with Crippen molar-refractivity contribution in [3.8, 4) is 33.4 Å². The molecule has 2 aromatic heterocycles. The van der Waals surface area contributed by atoms with Gasteiger partial charge in [0.2, 0.25) is 0 Å². The number of furan rings is 1. The molecule has 0 saturated heterocycles. The molecule has 0 saturated carbocycles. The molecule has 2 heterocycles.